The Labute approximate surface area is 430 Å². The summed E-state index contributed by atoms with van der Waals surface area (Å²) in [5.74, 6) is -7.37. The maximum absolute atomic E-state index is 15.0. The average molecular weight is 1040 g/mol. The molecule has 0 aromatic heterocycles. The van der Waals surface area contributed by atoms with Crippen molar-refractivity contribution < 1.29 is 61.9 Å². The Bertz CT molecular complexity index is 1870. The summed E-state index contributed by atoms with van der Waals surface area (Å²) in [6.07, 6.45) is 5.46. The van der Waals surface area contributed by atoms with Gasteiger partial charge < -0.3 is 47.6 Å². The summed E-state index contributed by atoms with van der Waals surface area (Å²) in [7, 11) is 0.131. The molecule has 0 aromatic rings. The van der Waals surface area contributed by atoms with Crippen LogP contribution in [0.25, 0.3) is 0 Å². The third kappa shape index (κ3) is 15.1. The number of aliphatic hydroxyl groups is 2. The van der Waals surface area contributed by atoms with Gasteiger partial charge in [-0.1, -0.05) is 80.0 Å². The number of cyclic esters (lactones) is 1. The molecule has 3 heterocycles. The van der Waals surface area contributed by atoms with Crippen molar-refractivity contribution in [2.45, 2.75) is 238 Å². The van der Waals surface area contributed by atoms with Crippen molar-refractivity contribution in [1.29, 1.82) is 0 Å². The number of nitrogens with zero attached hydrogens (tertiary/aromatic N) is 1. The molecular weight excluding hydrogens is 939 g/mol. The zero-order valence-electron chi connectivity index (χ0n) is 47.2. The summed E-state index contributed by atoms with van der Waals surface area (Å²) in [6.45, 7) is 31.5. The van der Waals surface area contributed by atoms with Crippen LogP contribution < -0.4 is 0 Å². The molecule has 0 aromatic carbocycles. The number of allylic oxidation sites excluding steroid dienone is 3. The first kappa shape index (κ1) is 61.4. The van der Waals surface area contributed by atoms with Crippen molar-refractivity contribution in [3.63, 3.8) is 0 Å². The van der Waals surface area contributed by atoms with E-state index in [4.69, 9.17) is 32.5 Å². The van der Waals surface area contributed by atoms with Crippen LogP contribution in [0.2, 0.25) is 36.3 Å². The number of piperidine rings is 1. The lowest BCUT2D eigenvalue weighted by molar-refractivity contribution is -0.302. The van der Waals surface area contributed by atoms with Crippen LogP contribution in [0.5, 0.6) is 0 Å². The number of methoxy groups -OCH3 is 3. The molecule has 2 bridgehead atoms. The standard InChI is InChI=1S/C55H97NO13Si2/c1-34-27-35(2)29-46(64-13)49-47(65-14)31-37(4)55(62,67-49)50(59)51(60)56-25-20-19-21-41(56)52(61)66-48(36(3)30-39-22-23-43(45(32-39)63-12)68-70(15,16)53(6,7)8)38(5)44(69-71(17,18)54(9,10)11)33-42(58)40(28-34)24-26-57/h28,30,35,37-41,43-49,57,62H,19-27,29,31-33H2,1-18H3/b34-28+,36-30+/t35-,37+,38+,39?,40+,41?,43+,44-,45+,46-,47-,48?,49+,55+/m0/s1. The van der Waals surface area contributed by atoms with Crippen LogP contribution in [-0.4, -0.2) is 144 Å². The van der Waals surface area contributed by atoms with Crippen LogP contribution in [0.3, 0.4) is 0 Å². The largest absolute Gasteiger partial charge is 0.456 e. The van der Waals surface area contributed by atoms with Crippen LogP contribution in [-0.2, 0) is 51.7 Å². The van der Waals surface area contributed by atoms with E-state index >= 15 is 4.79 Å². The number of carbonyl (C=O) groups is 4. The summed E-state index contributed by atoms with van der Waals surface area (Å²) in [6, 6.07) is -1.13. The number of fused-ring (bicyclic) bond motifs is 3. The van der Waals surface area contributed by atoms with Crippen molar-refractivity contribution in [3.05, 3.63) is 23.3 Å². The van der Waals surface area contributed by atoms with Gasteiger partial charge in [0.2, 0.25) is 5.79 Å². The normalized spacial score (nSPS) is 36.3. The van der Waals surface area contributed by atoms with E-state index in [9.17, 15) is 24.6 Å². The van der Waals surface area contributed by atoms with Crippen LogP contribution in [0, 0.1) is 29.6 Å². The van der Waals surface area contributed by atoms with E-state index in [1.165, 1.54) is 4.90 Å². The predicted molar refractivity (Wildman–Crippen MR) is 282 cm³/mol. The Kier molecular flexibility index (Phi) is 21.8. The highest BCUT2D eigenvalue weighted by atomic mass is 28.4. The number of ketones is 2. The van der Waals surface area contributed by atoms with E-state index in [1.807, 2.05) is 26.8 Å². The minimum absolute atomic E-state index is 0.0116. The molecule has 14 atom stereocenters. The SMILES string of the molecule is CO[C@H]1C[C@@H](C)C/C(C)=C/[C@@H](CCO)C(=O)C[C@H](O[Si](C)(C)C(C)(C)C)[C@@H](C)C(/C(C)=C/C2CC[C@@H](O[Si](C)(C)C(C)(C)C)[C@H](OC)C2)OC(=O)C2CCCCN2C(=O)C(=O)[C@]2(O)O[C@H]1[C@@H](OC)C[C@H]2C. The van der Waals surface area contributed by atoms with Crippen LogP contribution in [0.4, 0.5) is 0 Å². The molecule has 3 unspecified atom stereocenters. The van der Waals surface area contributed by atoms with Crippen molar-refractivity contribution in [1.82, 2.24) is 4.90 Å². The highest BCUT2D eigenvalue weighted by Gasteiger charge is 2.57. The fourth-order valence-electron chi connectivity index (χ4n) is 10.8. The third-order valence-electron chi connectivity index (χ3n) is 17.3. The smallest absolute Gasteiger partial charge is 0.329 e. The van der Waals surface area contributed by atoms with Crippen molar-refractivity contribution in [3.8, 4) is 0 Å². The molecule has 3 fully saturated rings. The monoisotopic (exact) mass is 1040 g/mol. The second-order valence-electron chi connectivity index (χ2n) is 25.0. The van der Waals surface area contributed by atoms with Gasteiger partial charge in [-0.15, -0.1) is 0 Å². The fourth-order valence-corrected chi connectivity index (χ4v) is 13.6. The highest BCUT2D eigenvalue weighted by molar-refractivity contribution is 6.74. The van der Waals surface area contributed by atoms with Gasteiger partial charge in [0, 0.05) is 58.7 Å². The second kappa shape index (κ2) is 25.1. The summed E-state index contributed by atoms with van der Waals surface area (Å²) in [5, 5.41) is 22.5. The molecule has 1 amide bonds. The van der Waals surface area contributed by atoms with Gasteiger partial charge in [0.15, 0.2) is 16.6 Å². The number of rotatable bonds is 11. The maximum Gasteiger partial charge on any atom is 0.329 e. The molecule has 2 N–H and O–H groups in total. The highest BCUT2D eigenvalue weighted by Crippen LogP contribution is 2.44. The van der Waals surface area contributed by atoms with Gasteiger partial charge in [-0.2, -0.15) is 0 Å². The van der Waals surface area contributed by atoms with Gasteiger partial charge in [-0.25, -0.2) is 4.79 Å². The molecule has 1 aliphatic carbocycles. The van der Waals surface area contributed by atoms with E-state index in [0.29, 0.717) is 32.1 Å². The number of Topliss-reactive ketones (excluding diaryl/α,β-unsaturated/α-hetero) is 2. The lowest BCUT2D eigenvalue weighted by Crippen LogP contribution is -2.64. The average Bonchev–Trinajstić information content (AvgIpc) is 3.28. The number of ether oxygens (including phenoxy) is 5. The minimum atomic E-state index is -2.59. The molecule has 408 valence electrons. The minimum Gasteiger partial charge on any atom is -0.456 e. The van der Waals surface area contributed by atoms with Gasteiger partial charge in [0.1, 0.15) is 24.0 Å². The van der Waals surface area contributed by atoms with E-state index in [0.717, 1.165) is 24.0 Å². The number of hydrogen-bond donors (Lipinski definition) is 2. The number of esters is 1. The first-order valence-corrected chi connectivity index (χ1v) is 32.6. The first-order chi connectivity index (χ1) is 32.9. The quantitative estimate of drug-likeness (QED) is 0.0867. The van der Waals surface area contributed by atoms with Gasteiger partial charge >= 0.3 is 5.97 Å². The van der Waals surface area contributed by atoms with E-state index in [1.54, 1.807) is 28.3 Å². The Balaban J connectivity index is 1.89. The summed E-state index contributed by atoms with van der Waals surface area (Å²) >= 11 is 0. The Hall–Kier alpha value is -2.13. The second-order valence-corrected chi connectivity index (χ2v) is 34.5. The molecule has 71 heavy (non-hydrogen) atoms. The molecule has 0 radical (unpaired) electrons. The molecule has 0 spiro atoms. The molecular formula is C55H97NO13Si2. The molecule has 16 heteroatoms. The van der Waals surface area contributed by atoms with E-state index in [-0.39, 0.29) is 78.7 Å². The molecule has 2 saturated heterocycles. The van der Waals surface area contributed by atoms with Gasteiger partial charge in [0.05, 0.1) is 30.5 Å². The Morgan fingerprint density at radius 1 is 0.803 bits per heavy atom. The zero-order chi connectivity index (χ0) is 53.6. The number of carbonyl (C=O) groups excluding carboxylic acids is 4. The number of aliphatic hydroxyl groups excluding tert-OH is 1. The molecule has 4 rings (SSSR count). The summed E-state index contributed by atoms with van der Waals surface area (Å²) in [5.41, 5.74) is 1.75. The van der Waals surface area contributed by atoms with Crippen LogP contribution >= 0.6 is 0 Å². The Morgan fingerprint density at radius 3 is 1.94 bits per heavy atom. The predicted octanol–water partition coefficient (Wildman–Crippen LogP) is 9.50. The fraction of sp³-hybridized carbons (Fsp3) is 0.855. The van der Waals surface area contributed by atoms with Crippen molar-refractivity contribution in [2.75, 3.05) is 34.5 Å². The first-order valence-electron chi connectivity index (χ1n) is 26.7. The lowest BCUT2D eigenvalue weighted by Gasteiger charge is -2.47. The van der Waals surface area contributed by atoms with Crippen molar-refractivity contribution >= 4 is 40.1 Å². The van der Waals surface area contributed by atoms with E-state index < -0.39 is 94.4 Å². The lowest BCUT2D eigenvalue weighted by atomic mass is 9.81. The molecule has 1 saturated carbocycles. The molecule has 14 nitrogen and oxygen atoms in total. The number of amides is 1. The molecule has 3 aliphatic heterocycles. The van der Waals surface area contributed by atoms with E-state index in [2.05, 4.69) is 80.7 Å². The topological polar surface area (TPSA) is 177 Å². The van der Waals surface area contributed by atoms with Gasteiger partial charge in [0.25, 0.3) is 11.7 Å². The number of hydrogen-bond acceptors (Lipinski definition) is 13. The molecule has 4 aliphatic rings. The third-order valence-corrected chi connectivity index (χ3v) is 26.4. The van der Waals surface area contributed by atoms with Gasteiger partial charge in [-0.3, -0.25) is 14.4 Å². The maximum atomic E-state index is 15.0. The summed E-state index contributed by atoms with van der Waals surface area (Å²) < 4.78 is 45.3. The summed E-state index contributed by atoms with van der Waals surface area (Å²) in [4.78, 5) is 60.3. The van der Waals surface area contributed by atoms with Gasteiger partial charge in [-0.05, 0) is 132 Å². The van der Waals surface area contributed by atoms with Crippen molar-refractivity contribution in [2.24, 2.45) is 29.6 Å². The van der Waals surface area contributed by atoms with Crippen LogP contribution in [0.15, 0.2) is 23.3 Å². The van der Waals surface area contributed by atoms with Crippen LogP contribution in [0.1, 0.15) is 147 Å². The zero-order valence-corrected chi connectivity index (χ0v) is 49.2. The Morgan fingerprint density at radius 2 is 1.38 bits per heavy atom.